The van der Waals surface area contributed by atoms with E-state index in [4.69, 9.17) is 9.84 Å². The molecule has 0 aliphatic carbocycles. The first-order valence-electron chi connectivity index (χ1n) is 5.82. The molecule has 3 nitrogen and oxygen atoms in total. The van der Waals surface area contributed by atoms with Gasteiger partial charge in [-0.25, -0.2) is 0 Å². The summed E-state index contributed by atoms with van der Waals surface area (Å²) in [7, 11) is 0. The van der Waals surface area contributed by atoms with Crippen LogP contribution in [0.3, 0.4) is 0 Å². The second-order valence-corrected chi connectivity index (χ2v) is 4.18. The van der Waals surface area contributed by atoms with Crippen LogP contribution >= 0.6 is 0 Å². The summed E-state index contributed by atoms with van der Waals surface area (Å²) in [5.74, 6) is -0.0550. The Hall–Kier alpha value is -2.08. The van der Waals surface area contributed by atoms with Gasteiger partial charge < -0.3 is 9.84 Å². The normalized spacial score (nSPS) is 11.4. The van der Waals surface area contributed by atoms with E-state index >= 15 is 0 Å². The van der Waals surface area contributed by atoms with E-state index in [1.807, 2.05) is 0 Å². The predicted molar refractivity (Wildman–Crippen MR) is 66.4 cm³/mol. The molecule has 0 saturated carbocycles. The number of aliphatic hydroxyl groups is 1. The minimum atomic E-state index is -4.56. The van der Waals surface area contributed by atoms with E-state index in [0.29, 0.717) is 5.69 Å². The van der Waals surface area contributed by atoms with Crippen molar-refractivity contribution in [2.45, 2.75) is 19.7 Å². The Balaban J connectivity index is 2.44. The summed E-state index contributed by atoms with van der Waals surface area (Å²) in [6, 6.07) is 6.58. The summed E-state index contributed by atoms with van der Waals surface area (Å²) < 4.78 is 44.3. The van der Waals surface area contributed by atoms with Gasteiger partial charge in [-0.2, -0.15) is 13.2 Å². The zero-order valence-electron chi connectivity index (χ0n) is 10.6. The Morgan fingerprint density at radius 3 is 2.55 bits per heavy atom. The number of nitrogens with zero attached hydrogens (tertiary/aromatic N) is 1. The lowest BCUT2D eigenvalue weighted by Crippen LogP contribution is -2.08. The molecule has 0 radical (unpaired) electrons. The van der Waals surface area contributed by atoms with Gasteiger partial charge in [0.05, 0.1) is 17.9 Å². The minimum absolute atomic E-state index is 0.174. The van der Waals surface area contributed by atoms with Crippen molar-refractivity contribution in [3.8, 4) is 11.5 Å². The zero-order chi connectivity index (χ0) is 14.8. The average molecular weight is 283 g/mol. The number of hydrogen-bond acceptors (Lipinski definition) is 3. The third-order valence-corrected chi connectivity index (χ3v) is 2.71. The molecule has 1 aromatic carbocycles. The first kappa shape index (κ1) is 14.3. The summed E-state index contributed by atoms with van der Waals surface area (Å²) >= 11 is 0. The molecule has 1 N–H and O–H groups in total. The van der Waals surface area contributed by atoms with E-state index in [1.54, 1.807) is 19.1 Å². The number of halogens is 3. The van der Waals surface area contributed by atoms with E-state index in [2.05, 4.69) is 4.98 Å². The highest BCUT2D eigenvalue weighted by Crippen LogP contribution is 2.39. The van der Waals surface area contributed by atoms with Gasteiger partial charge in [-0.15, -0.1) is 0 Å². The van der Waals surface area contributed by atoms with Crippen LogP contribution in [0.5, 0.6) is 11.5 Å². The van der Waals surface area contributed by atoms with Gasteiger partial charge in [0, 0.05) is 6.20 Å². The maximum Gasteiger partial charge on any atom is 0.419 e. The largest absolute Gasteiger partial charge is 0.455 e. The van der Waals surface area contributed by atoms with Gasteiger partial charge in [0.25, 0.3) is 0 Å². The van der Waals surface area contributed by atoms with Gasteiger partial charge >= 0.3 is 6.18 Å². The fraction of sp³-hybridized carbons (Fsp3) is 0.214. The molecule has 6 heteroatoms. The van der Waals surface area contributed by atoms with Crippen molar-refractivity contribution in [2.24, 2.45) is 0 Å². The fourth-order valence-corrected chi connectivity index (χ4v) is 1.68. The monoisotopic (exact) mass is 283 g/mol. The first-order valence-corrected chi connectivity index (χ1v) is 5.82. The number of ether oxygens (including phenoxy) is 1. The molecule has 2 rings (SSSR count). The van der Waals surface area contributed by atoms with Crippen LogP contribution in [0.4, 0.5) is 13.2 Å². The Bertz CT molecular complexity index is 612. The minimum Gasteiger partial charge on any atom is -0.455 e. The van der Waals surface area contributed by atoms with Crippen molar-refractivity contribution >= 4 is 0 Å². The highest BCUT2D eigenvalue weighted by Gasteiger charge is 2.35. The summed E-state index contributed by atoms with van der Waals surface area (Å²) in [5.41, 5.74) is -0.258. The fourth-order valence-electron chi connectivity index (χ4n) is 1.68. The number of aryl methyl sites for hydroxylation is 1. The number of alkyl halides is 3. The molecule has 0 aliphatic heterocycles. The van der Waals surface area contributed by atoms with Gasteiger partial charge in [0.15, 0.2) is 0 Å². The Kier molecular flexibility index (Phi) is 3.94. The van der Waals surface area contributed by atoms with Crippen molar-refractivity contribution in [1.82, 2.24) is 4.98 Å². The molecular formula is C14H12F3NO2. The number of aromatic nitrogens is 1. The molecule has 0 fully saturated rings. The van der Waals surface area contributed by atoms with Crippen LogP contribution < -0.4 is 4.74 Å². The lowest BCUT2D eigenvalue weighted by atomic mass is 10.1. The van der Waals surface area contributed by atoms with Crippen molar-refractivity contribution < 1.29 is 23.0 Å². The predicted octanol–water partition coefficient (Wildman–Crippen LogP) is 3.69. The van der Waals surface area contributed by atoms with Crippen LogP contribution in [0.15, 0.2) is 36.5 Å². The van der Waals surface area contributed by atoms with Crippen LogP contribution in [0.1, 0.15) is 16.8 Å². The van der Waals surface area contributed by atoms with E-state index in [1.165, 1.54) is 18.3 Å². The molecule has 0 atom stereocenters. The van der Waals surface area contributed by atoms with Crippen LogP contribution in [0, 0.1) is 6.92 Å². The Morgan fingerprint density at radius 2 is 1.95 bits per heavy atom. The SMILES string of the molecule is Cc1ncccc1Oc1ccc(CO)cc1C(F)(F)F. The number of rotatable bonds is 3. The van der Waals surface area contributed by atoms with Crippen LogP contribution in [-0.2, 0) is 12.8 Å². The highest BCUT2D eigenvalue weighted by atomic mass is 19.4. The molecule has 0 unspecified atom stereocenters. The van der Waals surface area contributed by atoms with Gasteiger partial charge in [-0.1, -0.05) is 6.07 Å². The molecule has 0 aliphatic rings. The van der Waals surface area contributed by atoms with E-state index in [0.717, 1.165) is 6.07 Å². The molecule has 0 saturated heterocycles. The molecule has 1 heterocycles. The Morgan fingerprint density at radius 1 is 1.20 bits per heavy atom. The molecule has 0 bridgehead atoms. The summed E-state index contributed by atoms with van der Waals surface area (Å²) in [5, 5.41) is 8.93. The molecule has 1 aromatic heterocycles. The molecule has 2 aromatic rings. The second kappa shape index (κ2) is 5.50. The van der Waals surface area contributed by atoms with E-state index in [-0.39, 0.29) is 17.1 Å². The van der Waals surface area contributed by atoms with Crippen LogP contribution in [0.25, 0.3) is 0 Å². The lowest BCUT2D eigenvalue weighted by Gasteiger charge is -2.15. The van der Waals surface area contributed by atoms with Crippen molar-refractivity contribution in [3.05, 3.63) is 53.3 Å². The Labute approximate surface area is 113 Å². The number of pyridine rings is 1. The summed E-state index contributed by atoms with van der Waals surface area (Å²) in [6.45, 7) is 1.18. The molecular weight excluding hydrogens is 271 g/mol. The molecule has 106 valence electrons. The van der Waals surface area contributed by atoms with Crippen molar-refractivity contribution in [2.75, 3.05) is 0 Å². The van der Waals surface area contributed by atoms with Gasteiger partial charge in [0.1, 0.15) is 11.5 Å². The maximum atomic E-state index is 13.0. The third kappa shape index (κ3) is 3.08. The standard InChI is InChI=1S/C14H12F3NO2/c1-9-12(3-2-6-18-9)20-13-5-4-10(8-19)7-11(13)14(15,16)17/h2-7,19H,8H2,1H3. The quantitative estimate of drug-likeness (QED) is 0.934. The smallest absolute Gasteiger partial charge is 0.419 e. The highest BCUT2D eigenvalue weighted by molar-refractivity contribution is 5.42. The van der Waals surface area contributed by atoms with E-state index in [9.17, 15) is 13.2 Å². The van der Waals surface area contributed by atoms with Crippen LogP contribution in [0.2, 0.25) is 0 Å². The maximum absolute atomic E-state index is 13.0. The van der Waals surface area contributed by atoms with Crippen molar-refractivity contribution in [1.29, 1.82) is 0 Å². The molecule has 0 spiro atoms. The zero-order valence-corrected chi connectivity index (χ0v) is 10.6. The molecule has 20 heavy (non-hydrogen) atoms. The summed E-state index contributed by atoms with van der Waals surface area (Å²) in [4.78, 5) is 3.95. The lowest BCUT2D eigenvalue weighted by molar-refractivity contribution is -0.138. The second-order valence-electron chi connectivity index (χ2n) is 4.18. The van der Waals surface area contributed by atoms with E-state index < -0.39 is 18.3 Å². The van der Waals surface area contributed by atoms with Gasteiger partial charge in [-0.3, -0.25) is 4.98 Å². The average Bonchev–Trinajstić information content (AvgIpc) is 2.40. The summed E-state index contributed by atoms with van der Waals surface area (Å²) in [6.07, 6.45) is -3.03. The van der Waals surface area contributed by atoms with Crippen LogP contribution in [-0.4, -0.2) is 10.1 Å². The topological polar surface area (TPSA) is 42.4 Å². The van der Waals surface area contributed by atoms with Gasteiger partial charge in [0.2, 0.25) is 0 Å². The number of aliphatic hydroxyl groups excluding tert-OH is 1. The molecule has 0 amide bonds. The van der Waals surface area contributed by atoms with Crippen molar-refractivity contribution in [3.63, 3.8) is 0 Å². The number of benzene rings is 1. The first-order chi connectivity index (χ1) is 9.41. The van der Waals surface area contributed by atoms with Gasteiger partial charge in [-0.05, 0) is 36.8 Å². The number of hydrogen-bond donors (Lipinski definition) is 1. The third-order valence-electron chi connectivity index (χ3n) is 2.71.